The topological polar surface area (TPSA) is 66.9 Å². The Morgan fingerprint density at radius 3 is 2.18 bits per heavy atom. The van der Waals surface area contributed by atoms with E-state index in [9.17, 15) is 4.79 Å². The van der Waals surface area contributed by atoms with Gasteiger partial charge in [0.05, 0.1) is 0 Å². The molecule has 1 aromatic carbocycles. The van der Waals surface area contributed by atoms with E-state index in [0.717, 1.165) is 22.8 Å². The number of nitrogens with one attached hydrogen (secondary N) is 2. The first-order valence-electron chi connectivity index (χ1n) is 7.25. The Morgan fingerprint density at radius 1 is 1.00 bits per heavy atom. The summed E-state index contributed by atoms with van der Waals surface area (Å²) in [6, 6.07) is 9.43. The minimum Gasteiger partial charge on any atom is -0.326 e. The largest absolute Gasteiger partial charge is 0.326 e. The molecule has 0 saturated heterocycles. The Hall–Kier alpha value is -2.43. The number of hydrogen-bond donors (Lipinski definition) is 2. The summed E-state index contributed by atoms with van der Waals surface area (Å²) >= 11 is 0. The van der Waals surface area contributed by atoms with Gasteiger partial charge < -0.3 is 10.6 Å². The normalized spacial score (nSPS) is 11.1. The van der Waals surface area contributed by atoms with Gasteiger partial charge >= 0.3 is 0 Å². The van der Waals surface area contributed by atoms with Gasteiger partial charge in [-0.15, -0.1) is 0 Å². The molecule has 1 amide bonds. The first kappa shape index (κ1) is 15.9. The average molecular weight is 298 g/mol. The molecule has 2 aromatic rings. The molecule has 0 fully saturated rings. The highest BCUT2D eigenvalue weighted by Crippen LogP contribution is 2.21. The fourth-order valence-electron chi connectivity index (χ4n) is 1.90. The van der Waals surface area contributed by atoms with E-state index in [4.69, 9.17) is 0 Å². The number of aromatic nitrogens is 2. The summed E-state index contributed by atoms with van der Waals surface area (Å²) in [4.78, 5) is 20.7. The maximum Gasteiger partial charge on any atom is 0.229 e. The van der Waals surface area contributed by atoms with Gasteiger partial charge in [-0.2, -0.15) is 0 Å². The van der Waals surface area contributed by atoms with Crippen LogP contribution in [0.15, 0.2) is 30.3 Å². The molecule has 0 spiro atoms. The molecule has 1 heterocycles. The molecule has 0 atom stereocenters. The quantitative estimate of drug-likeness (QED) is 0.904. The lowest BCUT2D eigenvalue weighted by Crippen LogP contribution is -2.27. The third-order valence-corrected chi connectivity index (χ3v) is 3.04. The zero-order valence-corrected chi connectivity index (χ0v) is 13.7. The van der Waals surface area contributed by atoms with E-state index in [0.29, 0.717) is 5.95 Å². The number of rotatable bonds is 3. The van der Waals surface area contributed by atoms with Gasteiger partial charge in [-0.3, -0.25) is 4.79 Å². The van der Waals surface area contributed by atoms with Crippen molar-refractivity contribution in [3.63, 3.8) is 0 Å². The van der Waals surface area contributed by atoms with Crippen molar-refractivity contribution in [3.05, 3.63) is 41.7 Å². The Labute approximate surface area is 131 Å². The van der Waals surface area contributed by atoms with Crippen LogP contribution >= 0.6 is 0 Å². The zero-order valence-electron chi connectivity index (χ0n) is 13.7. The van der Waals surface area contributed by atoms with Crippen molar-refractivity contribution >= 4 is 23.2 Å². The maximum absolute atomic E-state index is 12.0. The van der Waals surface area contributed by atoms with Crippen molar-refractivity contribution in [2.24, 2.45) is 5.41 Å². The summed E-state index contributed by atoms with van der Waals surface area (Å²) in [6.07, 6.45) is 0. The number of carbonyl (C=O) groups is 1. The van der Waals surface area contributed by atoms with Crippen LogP contribution in [0, 0.1) is 19.3 Å². The van der Waals surface area contributed by atoms with Crippen molar-refractivity contribution in [3.8, 4) is 0 Å². The van der Waals surface area contributed by atoms with Gasteiger partial charge in [0.2, 0.25) is 11.9 Å². The van der Waals surface area contributed by atoms with E-state index in [-0.39, 0.29) is 5.91 Å². The van der Waals surface area contributed by atoms with Crippen molar-refractivity contribution in [2.45, 2.75) is 34.6 Å². The smallest absolute Gasteiger partial charge is 0.229 e. The summed E-state index contributed by atoms with van der Waals surface area (Å²) in [5.74, 6) is 0.532. The molecule has 2 N–H and O–H groups in total. The van der Waals surface area contributed by atoms with E-state index in [1.807, 2.05) is 65.0 Å². The maximum atomic E-state index is 12.0. The van der Waals surface area contributed by atoms with Crippen LogP contribution in [0.5, 0.6) is 0 Å². The molecule has 116 valence electrons. The summed E-state index contributed by atoms with van der Waals surface area (Å²) in [5.41, 5.74) is 2.96. The lowest BCUT2D eigenvalue weighted by Gasteiger charge is -2.18. The van der Waals surface area contributed by atoms with Gasteiger partial charge in [0, 0.05) is 28.2 Å². The zero-order chi connectivity index (χ0) is 16.3. The van der Waals surface area contributed by atoms with Gasteiger partial charge in [0.25, 0.3) is 0 Å². The molecule has 0 aliphatic heterocycles. The number of aryl methyl sites for hydroxylation is 2. The number of benzene rings is 1. The fourth-order valence-corrected chi connectivity index (χ4v) is 1.90. The van der Waals surface area contributed by atoms with E-state index in [1.165, 1.54) is 0 Å². The number of nitrogens with zero attached hydrogens (tertiary/aromatic N) is 2. The minimum atomic E-state index is -0.430. The molecule has 0 bridgehead atoms. The predicted octanol–water partition coefficient (Wildman–Crippen LogP) is 3.82. The molecule has 0 aliphatic carbocycles. The van der Waals surface area contributed by atoms with Crippen molar-refractivity contribution in [1.29, 1.82) is 0 Å². The third-order valence-electron chi connectivity index (χ3n) is 3.04. The van der Waals surface area contributed by atoms with Crippen molar-refractivity contribution in [1.82, 2.24) is 9.97 Å². The van der Waals surface area contributed by atoms with Crippen molar-refractivity contribution in [2.75, 3.05) is 10.6 Å². The van der Waals surface area contributed by atoms with Crippen LogP contribution in [-0.2, 0) is 4.79 Å². The van der Waals surface area contributed by atoms with Crippen LogP contribution in [0.25, 0.3) is 0 Å². The number of amides is 1. The van der Waals surface area contributed by atoms with Gasteiger partial charge in [-0.1, -0.05) is 26.8 Å². The molecule has 0 unspecified atom stereocenters. The van der Waals surface area contributed by atoms with Crippen LogP contribution in [0.4, 0.5) is 17.3 Å². The average Bonchev–Trinajstić information content (AvgIpc) is 2.36. The fraction of sp³-hybridized carbons (Fsp3) is 0.353. The number of anilines is 3. The molecule has 0 saturated carbocycles. The highest BCUT2D eigenvalue weighted by molar-refractivity contribution is 5.94. The Kier molecular flexibility index (Phi) is 4.45. The van der Waals surface area contributed by atoms with Crippen LogP contribution in [-0.4, -0.2) is 15.9 Å². The van der Waals surface area contributed by atoms with Gasteiger partial charge in [0.15, 0.2) is 0 Å². The lowest BCUT2D eigenvalue weighted by molar-refractivity contribution is -0.123. The van der Waals surface area contributed by atoms with E-state index in [2.05, 4.69) is 20.6 Å². The second kappa shape index (κ2) is 6.13. The summed E-state index contributed by atoms with van der Waals surface area (Å²) < 4.78 is 0. The molecule has 5 heteroatoms. The SMILES string of the molecule is Cc1cc(C)nc(Nc2cccc(NC(=O)C(C)(C)C)c2)n1. The second-order valence-electron chi connectivity index (χ2n) is 6.38. The van der Waals surface area contributed by atoms with Gasteiger partial charge in [0.1, 0.15) is 0 Å². The number of carbonyl (C=O) groups excluding carboxylic acids is 1. The molecule has 0 radical (unpaired) electrons. The van der Waals surface area contributed by atoms with E-state index >= 15 is 0 Å². The first-order chi connectivity index (χ1) is 10.2. The number of hydrogen-bond acceptors (Lipinski definition) is 4. The first-order valence-corrected chi connectivity index (χ1v) is 7.25. The second-order valence-corrected chi connectivity index (χ2v) is 6.38. The summed E-state index contributed by atoms with van der Waals surface area (Å²) in [5, 5.41) is 6.08. The Bertz CT molecular complexity index is 669. The molecule has 1 aromatic heterocycles. The van der Waals surface area contributed by atoms with E-state index < -0.39 is 5.41 Å². The van der Waals surface area contributed by atoms with Gasteiger partial charge in [-0.25, -0.2) is 9.97 Å². The van der Waals surface area contributed by atoms with Crippen LogP contribution in [0.3, 0.4) is 0 Å². The molecular weight excluding hydrogens is 276 g/mol. The van der Waals surface area contributed by atoms with Crippen LogP contribution < -0.4 is 10.6 Å². The molecule has 2 rings (SSSR count). The van der Waals surface area contributed by atoms with Crippen molar-refractivity contribution < 1.29 is 4.79 Å². The predicted molar refractivity (Wildman–Crippen MR) is 89.3 cm³/mol. The molecule has 22 heavy (non-hydrogen) atoms. The highest BCUT2D eigenvalue weighted by atomic mass is 16.2. The summed E-state index contributed by atoms with van der Waals surface area (Å²) in [7, 11) is 0. The molecule has 0 aliphatic rings. The molecule has 5 nitrogen and oxygen atoms in total. The monoisotopic (exact) mass is 298 g/mol. The molecular formula is C17H22N4O. The van der Waals surface area contributed by atoms with Crippen LogP contribution in [0.2, 0.25) is 0 Å². The van der Waals surface area contributed by atoms with Crippen LogP contribution in [0.1, 0.15) is 32.2 Å². The lowest BCUT2D eigenvalue weighted by atomic mass is 9.95. The third kappa shape index (κ3) is 4.28. The highest BCUT2D eigenvalue weighted by Gasteiger charge is 2.21. The van der Waals surface area contributed by atoms with Gasteiger partial charge in [-0.05, 0) is 38.1 Å². The minimum absolute atomic E-state index is 0.0210. The standard InChI is InChI=1S/C17H22N4O/c1-11-9-12(2)19-16(18-11)21-14-8-6-7-13(10-14)20-15(22)17(3,4)5/h6-10H,1-5H3,(H,20,22)(H,18,19,21). The summed E-state index contributed by atoms with van der Waals surface area (Å²) in [6.45, 7) is 9.51. The Balaban J connectivity index is 2.16. The van der Waals surface area contributed by atoms with E-state index in [1.54, 1.807) is 0 Å². The Morgan fingerprint density at radius 2 is 1.59 bits per heavy atom.